The van der Waals surface area contributed by atoms with Crippen molar-refractivity contribution in [3.05, 3.63) is 17.5 Å². The third-order valence-corrected chi connectivity index (χ3v) is 7.90. The van der Waals surface area contributed by atoms with Gasteiger partial charge in [0, 0.05) is 13.1 Å². The SMILES string of the molecule is CCCCCCCCC1CCN(S(=O)(=O)c2cccs2)CC1. The van der Waals surface area contributed by atoms with Crippen LogP contribution in [-0.4, -0.2) is 25.8 Å². The van der Waals surface area contributed by atoms with E-state index >= 15 is 0 Å². The Labute approximate surface area is 139 Å². The van der Waals surface area contributed by atoms with Gasteiger partial charge in [-0.2, -0.15) is 4.31 Å². The van der Waals surface area contributed by atoms with E-state index < -0.39 is 10.0 Å². The normalized spacial score (nSPS) is 17.9. The van der Waals surface area contributed by atoms with Crippen LogP contribution in [-0.2, 0) is 10.0 Å². The Bertz CT molecular complexity index is 503. The van der Waals surface area contributed by atoms with Crippen molar-refractivity contribution in [3.63, 3.8) is 0 Å². The Kier molecular flexibility index (Phi) is 7.38. The first kappa shape index (κ1) is 18.0. The fraction of sp³-hybridized carbons (Fsp3) is 0.765. The number of piperidine rings is 1. The maximum atomic E-state index is 12.5. The Morgan fingerprint density at radius 2 is 1.82 bits per heavy atom. The van der Waals surface area contributed by atoms with Crippen LogP contribution in [0.15, 0.2) is 21.7 Å². The van der Waals surface area contributed by atoms with Crippen molar-refractivity contribution in [3.8, 4) is 0 Å². The van der Waals surface area contributed by atoms with Gasteiger partial charge in [0.1, 0.15) is 4.21 Å². The highest BCUT2D eigenvalue weighted by atomic mass is 32.2. The predicted molar refractivity (Wildman–Crippen MR) is 93.8 cm³/mol. The Hall–Kier alpha value is -0.390. The number of thiophene rings is 1. The maximum Gasteiger partial charge on any atom is 0.252 e. The van der Waals surface area contributed by atoms with Gasteiger partial charge in [-0.05, 0) is 30.2 Å². The van der Waals surface area contributed by atoms with E-state index in [2.05, 4.69) is 6.92 Å². The molecule has 1 saturated heterocycles. The van der Waals surface area contributed by atoms with Gasteiger partial charge in [-0.3, -0.25) is 0 Å². The van der Waals surface area contributed by atoms with E-state index in [0.717, 1.165) is 18.8 Å². The number of hydrogen-bond donors (Lipinski definition) is 0. The zero-order chi connectivity index (χ0) is 15.8. The minimum atomic E-state index is -3.23. The van der Waals surface area contributed by atoms with Gasteiger partial charge in [0.2, 0.25) is 0 Å². The highest BCUT2D eigenvalue weighted by Gasteiger charge is 2.29. The molecule has 0 N–H and O–H groups in total. The first-order valence-corrected chi connectivity index (χ1v) is 11.0. The van der Waals surface area contributed by atoms with Gasteiger partial charge in [-0.15, -0.1) is 11.3 Å². The van der Waals surface area contributed by atoms with Crippen molar-refractivity contribution in [2.45, 2.75) is 68.9 Å². The van der Waals surface area contributed by atoms with Crippen LogP contribution in [0.3, 0.4) is 0 Å². The van der Waals surface area contributed by atoms with Crippen LogP contribution in [0.4, 0.5) is 0 Å². The molecule has 1 aliphatic rings. The molecule has 0 spiro atoms. The Morgan fingerprint density at radius 3 is 2.45 bits per heavy atom. The first-order valence-electron chi connectivity index (χ1n) is 8.68. The second-order valence-electron chi connectivity index (χ2n) is 6.34. The topological polar surface area (TPSA) is 37.4 Å². The lowest BCUT2D eigenvalue weighted by Crippen LogP contribution is -2.38. The minimum absolute atomic E-state index is 0.488. The summed E-state index contributed by atoms with van der Waals surface area (Å²) in [7, 11) is -3.23. The number of unbranched alkanes of at least 4 members (excludes halogenated alkanes) is 5. The summed E-state index contributed by atoms with van der Waals surface area (Å²) >= 11 is 1.32. The van der Waals surface area contributed by atoms with E-state index in [1.165, 1.54) is 56.3 Å². The molecule has 3 nitrogen and oxygen atoms in total. The van der Waals surface area contributed by atoms with Crippen LogP contribution in [0.2, 0.25) is 0 Å². The highest BCUT2D eigenvalue weighted by Crippen LogP contribution is 2.28. The van der Waals surface area contributed by atoms with Gasteiger partial charge in [-0.1, -0.05) is 57.9 Å². The third kappa shape index (κ3) is 5.07. The van der Waals surface area contributed by atoms with E-state index in [0.29, 0.717) is 17.3 Å². The molecule has 1 aromatic heterocycles. The summed E-state index contributed by atoms with van der Waals surface area (Å²) in [5, 5.41) is 1.83. The molecule has 1 aliphatic heterocycles. The molecule has 0 atom stereocenters. The lowest BCUT2D eigenvalue weighted by Gasteiger charge is -2.30. The standard InChI is InChI=1S/C17H29NO2S2/c1-2-3-4-5-6-7-9-16-11-13-18(14-12-16)22(19,20)17-10-8-15-21-17/h8,10,15-16H,2-7,9,11-14H2,1H3. The summed E-state index contributed by atoms with van der Waals surface area (Å²) in [5.41, 5.74) is 0. The minimum Gasteiger partial charge on any atom is -0.206 e. The molecular weight excluding hydrogens is 314 g/mol. The molecular formula is C17H29NO2S2. The van der Waals surface area contributed by atoms with Crippen molar-refractivity contribution in [1.82, 2.24) is 4.31 Å². The van der Waals surface area contributed by atoms with Crippen LogP contribution in [0.25, 0.3) is 0 Å². The summed E-state index contributed by atoms with van der Waals surface area (Å²) in [6, 6.07) is 3.52. The molecule has 0 radical (unpaired) electrons. The van der Waals surface area contributed by atoms with E-state index in [4.69, 9.17) is 0 Å². The summed E-state index contributed by atoms with van der Waals surface area (Å²) < 4.78 is 27.1. The van der Waals surface area contributed by atoms with Crippen molar-refractivity contribution in [2.24, 2.45) is 5.92 Å². The molecule has 22 heavy (non-hydrogen) atoms. The van der Waals surface area contributed by atoms with E-state index in [9.17, 15) is 8.42 Å². The molecule has 1 fully saturated rings. The van der Waals surface area contributed by atoms with Gasteiger partial charge < -0.3 is 0 Å². The van der Waals surface area contributed by atoms with Crippen molar-refractivity contribution >= 4 is 21.4 Å². The molecule has 0 saturated carbocycles. The summed E-state index contributed by atoms with van der Waals surface area (Å²) in [5.74, 6) is 0.723. The van der Waals surface area contributed by atoms with Gasteiger partial charge in [-0.25, -0.2) is 8.42 Å². The molecule has 0 bridgehead atoms. The Balaban J connectivity index is 1.68. The fourth-order valence-electron chi connectivity index (χ4n) is 3.19. The van der Waals surface area contributed by atoms with Crippen LogP contribution >= 0.6 is 11.3 Å². The number of hydrogen-bond acceptors (Lipinski definition) is 3. The van der Waals surface area contributed by atoms with Gasteiger partial charge in [0.15, 0.2) is 0 Å². The largest absolute Gasteiger partial charge is 0.252 e. The summed E-state index contributed by atoms with van der Waals surface area (Å²) in [6.45, 7) is 3.64. The van der Waals surface area contributed by atoms with Crippen molar-refractivity contribution in [2.75, 3.05) is 13.1 Å². The molecule has 1 aromatic rings. The third-order valence-electron chi connectivity index (χ3n) is 4.63. The molecule has 2 rings (SSSR count). The molecule has 0 aromatic carbocycles. The molecule has 5 heteroatoms. The van der Waals surface area contributed by atoms with E-state index in [1.54, 1.807) is 10.4 Å². The van der Waals surface area contributed by atoms with E-state index in [1.807, 2.05) is 11.4 Å². The zero-order valence-corrected chi connectivity index (χ0v) is 15.3. The average molecular weight is 344 g/mol. The second-order valence-corrected chi connectivity index (χ2v) is 9.45. The van der Waals surface area contributed by atoms with Crippen LogP contribution in [0.1, 0.15) is 64.7 Å². The molecule has 126 valence electrons. The van der Waals surface area contributed by atoms with Gasteiger partial charge in [0.05, 0.1) is 0 Å². The molecule has 0 aliphatic carbocycles. The molecule has 0 unspecified atom stereocenters. The lowest BCUT2D eigenvalue weighted by atomic mass is 9.92. The van der Waals surface area contributed by atoms with Crippen molar-refractivity contribution in [1.29, 1.82) is 0 Å². The number of sulfonamides is 1. The van der Waals surface area contributed by atoms with E-state index in [-0.39, 0.29) is 0 Å². The van der Waals surface area contributed by atoms with Gasteiger partial charge in [0.25, 0.3) is 10.0 Å². The average Bonchev–Trinajstić information content (AvgIpc) is 3.06. The van der Waals surface area contributed by atoms with Crippen LogP contribution < -0.4 is 0 Å². The lowest BCUT2D eigenvalue weighted by molar-refractivity contribution is 0.259. The summed E-state index contributed by atoms with van der Waals surface area (Å²) in [4.78, 5) is 0. The monoisotopic (exact) mass is 343 g/mol. The molecule has 2 heterocycles. The first-order chi connectivity index (χ1) is 10.6. The van der Waals surface area contributed by atoms with Crippen LogP contribution in [0.5, 0.6) is 0 Å². The predicted octanol–water partition coefficient (Wildman–Crippen LogP) is 4.90. The second kappa shape index (κ2) is 9.04. The Morgan fingerprint density at radius 1 is 1.14 bits per heavy atom. The number of nitrogens with zero attached hydrogens (tertiary/aromatic N) is 1. The van der Waals surface area contributed by atoms with Crippen LogP contribution in [0, 0.1) is 5.92 Å². The molecule has 0 amide bonds. The fourth-order valence-corrected chi connectivity index (χ4v) is 5.80. The quantitative estimate of drug-likeness (QED) is 0.598. The van der Waals surface area contributed by atoms with Crippen molar-refractivity contribution < 1.29 is 8.42 Å². The summed E-state index contributed by atoms with van der Waals surface area (Å²) in [6.07, 6.45) is 11.4. The number of rotatable bonds is 9. The zero-order valence-electron chi connectivity index (χ0n) is 13.7. The maximum absolute atomic E-state index is 12.5. The highest BCUT2D eigenvalue weighted by molar-refractivity contribution is 7.91. The smallest absolute Gasteiger partial charge is 0.206 e. The van der Waals surface area contributed by atoms with Gasteiger partial charge >= 0.3 is 0 Å².